The molecule has 14 heavy (non-hydrogen) atoms. The Morgan fingerprint density at radius 3 is 3.07 bits per heavy atom. The molecular formula is C10H19N3S. The summed E-state index contributed by atoms with van der Waals surface area (Å²) in [5.41, 5.74) is 5.67. The molecule has 1 rings (SSSR count). The lowest BCUT2D eigenvalue weighted by molar-refractivity contribution is 0.716. The summed E-state index contributed by atoms with van der Waals surface area (Å²) >= 11 is 1.91. The highest BCUT2D eigenvalue weighted by molar-refractivity contribution is 7.98. The zero-order chi connectivity index (χ0) is 10.4. The second-order valence-corrected chi connectivity index (χ2v) is 4.55. The molecule has 1 atom stereocenters. The van der Waals surface area contributed by atoms with E-state index in [1.165, 1.54) is 5.82 Å². The molecule has 1 aromatic heterocycles. The molecule has 1 heterocycles. The molecule has 3 nitrogen and oxygen atoms in total. The van der Waals surface area contributed by atoms with Gasteiger partial charge in [-0.3, -0.25) is 0 Å². The molecule has 0 radical (unpaired) electrons. The minimum atomic E-state index is 0.313. The van der Waals surface area contributed by atoms with Crippen LogP contribution in [0.4, 0.5) is 0 Å². The van der Waals surface area contributed by atoms with Crippen molar-refractivity contribution in [1.82, 2.24) is 9.55 Å². The number of aromatic nitrogens is 2. The fourth-order valence-electron chi connectivity index (χ4n) is 1.20. The topological polar surface area (TPSA) is 43.8 Å². The highest BCUT2D eigenvalue weighted by atomic mass is 32.2. The Balaban J connectivity index is 2.24. The molecule has 0 aliphatic heterocycles. The molecule has 2 N–H and O–H groups in total. The van der Waals surface area contributed by atoms with Crippen LogP contribution in [-0.2, 0) is 12.3 Å². The van der Waals surface area contributed by atoms with Gasteiger partial charge in [-0.2, -0.15) is 11.8 Å². The molecule has 0 fully saturated rings. The van der Waals surface area contributed by atoms with E-state index in [-0.39, 0.29) is 0 Å². The van der Waals surface area contributed by atoms with Crippen molar-refractivity contribution in [3.63, 3.8) is 0 Å². The van der Waals surface area contributed by atoms with E-state index in [9.17, 15) is 0 Å². The number of thioether (sulfide) groups is 1. The van der Waals surface area contributed by atoms with Crippen molar-refractivity contribution >= 4 is 11.8 Å². The van der Waals surface area contributed by atoms with Crippen LogP contribution >= 0.6 is 11.8 Å². The van der Waals surface area contributed by atoms with Gasteiger partial charge in [0.05, 0.1) is 5.75 Å². The largest absolute Gasteiger partial charge is 0.335 e. The monoisotopic (exact) mass is 213 g/mol. The van der Waals surface area contributed by atoms with Crippen LogP contribution in [0.3, 0.4) is 0 Å². The third-order valence-corrected chi connectivity index (χ3v) is 3.08. The number of imidazole rings is 1. The average Bonchev–Trinajstić information content (AvgIpc) is 2.59. The van der Waals surface area contributed by atoms with Crippen LogP contribution in [0.25, 0.3) is 0 Å². The third-order valence-electron chi connectivity index (χ3n) is 2.09. The predicted molar refractivity (Wildman–Crippen MR) is 62.3 cm³/mol. The number of nitrogens with zero attached hydrogens (tertiary/aromatic N) is 2. The molecule has 0 saturated heterocycles. The third kappa shape index (κ3) is 3.72. The molecule has 0 spiro atoms. The molecule has 0 bridgehead atoms. The van der Waals surface area contributed by atoms with Crippen molar-refractivity contribution in [3.05, 3.63) is 18.2 Å². The number of hydrogen-bond acceptors (Lipinski definition) is 3. The van der Waals surface area contributed by atoms with Gasteiger partial charge in [0.1, 0.15) is 5.82 Å². The summed E-state index contributed by atoms with van der Waals surface area (Å²) in [5, 5.41) is 0. The summed E-state index contributed by atoms with van der Waals surface area (Å²) in [6.07, 6.45) is 4.98. The first-order valence-corrected chi connectivity index (χ1v) is 6.22. The van der Waals surface area contributed by atoms with Crippen molar-refractivity contribution in [2.75, 3.05) is 5.75 Å². The minimum absolute atomic E-state index is 0.313. The first-order chi connectivity index (χ1) is 6.74. The fraction of sp³-hybridized carbons (Fsp3) is 0.700. The van der Waals surface area contributed by atoms with Crippen LogP contribution in [0.1, 0.15) is 26.1 Å². The molecule has 0 aliphatic rings. The van der Waals surface area contributed by atoms with Crippen LogP contribution in [0.5, 0.6) is 0 Å². The Morgan fingerprint density at radius 2 is 2.43 bits per heavy atom. The number of rotatable bonds is 6. The van der Waals surface area contributed by atoms with Crippen LogP contribution in [-0.4, -0.2) is 21.3 Å². The average molecular weight is 213 g/mol. The van der Waals surface area contributed by atoms with Gasteiger partial charge in [0.25, 0.3) is 0 Å². The highest BCUT2D eigenvalue weighted by Gasteiger charge is 2.01. The molecular weight excluding hydrogens is 194 g/mol. The van der Waals surface area contributed by atoms with Gasteiger partial charge in [-0.05, 0) is 26.0 Å². The lowest BCUT2D eigenvalue weighted by Crippen LogP contribution is -2.15. The van der Waals surface area contributed by atoms with Crippen molar-refractivity contribution < 1.29 is 0 Å². The lowest BCUT2D eigenvalue weighted by Gasteiger charge is -2.06. The van der Waals surface area contributed by atoms with Gasteiger partial charge >= 0.3 is 0 Å². The van der Waals surface area contributed by atoms with E-state index < -0.39 is 0 Å². The predicted octanol–water partition coefficient (Wildman–Crippen LogP) is 1.87. The van der Waals surface area contributed by atoms with Crippen LogP contribution < -0.4 is 5.73 Å². The van der Waals surface area contributed by atoms with E-state index in [2.05, 4.69) is 16.5 Å². The Labute approximate surface area is 90.1 Å². The molecule has 1 aromatic rings. The lowest BCUT2D eigenvalue weighted by atomic mass is 10.3. The van der Waals surface area contributed by atoms with Gasteiger partial charge in [-0.15, -0.1) is 0 Å². The molecule has 0 saturated carbocycles. The van der Waals surface area contributed by atoms with Crippen LogP contribution in [0.15, 0.2) is 12.4 Å². The van der Waals surface area contributed by atoms with E-state index in [1.807, 2.05) is 31.1 Å². The Morgan fingerprint density at radius 1 is 1.64 bits per heavy atom. The maximum Gasteiger partial charge on any atom is 0.118 e. The highest BCUT2D eigenvalue weighted by Crippen LogP contribution is 2.12. The Hall–Kier alpha value is -0.480. The van der Waals surface area contributed by atoms with Gasteiger partial charge in [-0.25, -0.2) is 4.98 Å². The van der Waals surface area contributed by atoms with Gasteiger partial charge in [-0.1, -0.05) is 0 Å². The molecule has 1 unspecified atom stereocenters. The summed E-state index contributed by atoms with van der Waals surface area (Å²) in [4.78, 5) is 4.31. The van der Waals surface area contributed by atoms with Gasteiger partial charge in [0, 0.05) is 25.0 Å². The summed E-state index contributed by atoms with van der Waals surface area (Å²) in [6.45, 7) is 5.19. The van der Waals surface area contributed by atoms with Crippen molar-refractivity contribution in [2.45, 2.75) is 38.6 Å². The quantitative estimate of drug-likeness (QED) is 0.734. The first kappa shape index (κ1) is 11.6. The van der Waals surface area contributed by atoms with Crippen molar-refractivity contribution in [3.8, 4) is 0 Å². The molecule has 0 aromatic carbocycles. The first-order valence-electron chi connectivity index (χ1n) is 5.07. The normalized spacial score (nSPS) is 13.1. The molecule has 80 valence electrons. The summed E-state index contributed by atoms with van der Waals surface area (Å²) in [5.74, 6) is 3.28. The van der Waals surface area contributed by atoms with E-state index in [0.717, 1.165) is 24.5 Å². The fourth-order valence-corrected chi connectivity index (χ4v) is 2.31. The Bertz CT molecular complexity index is 258. The van der Waals surface area contributed by atoms with E-state index in [4.69, 9.17) is 5.73 Å². The molecule has 0 aliphatic carbocycles. The van der Waals surface area contributed by atoms with Gasteiger partial charge in [0.15, 0.2) is 0 Å². The van der Waals surface area contributed by atoms with Crippen molar-refractivity contribution in [1.29, 1.82) is 0 Å². The second-order valence-electron chi connectivity index (χ2n) is 3.45. The Kier molecular flexibility index (Phi) is 5.04. The van der Waals surface area contributed by atoms with E-state index in [0.29, 0.717) is 6.04 Å². The standard InChI is InChI=1S/C10H19N3S/c1-3-13-6-5-12-10(13)8-14-7-4-9(2)11/h5-6,9H,3-4,7-8,11H2,1-2H3. The van der Waals surface area contributed by atoms with Crippen LogP contribution in [0.2, 0.25) is 0 Å². The second kappa shape index (κ2) is 6.09. The van der Waals surface area contributed by atoms with E-state index in [1.54, 1.807) is 0 Å². The maximum atomic E-state index is 5.67. The van der Waals surface area contributed by atoms with Crippen LogP contribution in [0, 0.1) is 0 Å². The van der Waals surface area contributed by atoms with Gasteiger partial charge < -0.3 is 10.3 Å². The molecule has 0 amide bonds. The smallest absolute Gasteiger partial charge is 0.118 e. The summed E-state index contributed by atoms with van der Waals surface area (Å²) in [6, 6.07) is 0.313. The number of aryl methyl sites for hydroxylation is 1. The zero-order valence-electron chi connectivity index (χ0n) is 8.94. The zero-order valence-corrected chi connectivity index (χ0v) is 9.76. The number of hydrogen-bond donors (Lipinski definition) is 1. The minimum Gasteiger partial charge on any atom is -0.335 e. The molecule has 4 heteroatoms. The SMILES string of the molecule is CCn1ccnc1CSCCC(C)N. The summed E-state index contributed by atoms with van der Waals surface area (Å²) in [7, 11) is 0. The van der Waals surface area contributed by atoms with E-state index >= 15 is 0 Å². The van der Waals surface area contributed by atoms with Crippen molar-refractivity contribution in [2.24, 2.45) is 5.73 Å². The number of nitrogens with two attached hydrogens (primary N) is 1. The maximum absolute atomic E-state index is 5.67. The summed E-state index contributed by atoms with van der Waals surface area (Å²) < 4.78 is 2.18. The van der Waals surface area contributed by atoms with Gasteiger partial charge in [0.2, 0.25) is 0 Å².